The molecule has 20 heavy (non-hydrogen) atoms. The normalized spacial score (nSPS) is 12.4. The molecule has 1 aromatic carbocycles. The summed E-state index contributed by atoms with van der Waals surface area (Å²) in [4.78, 5) is 11.5. The maximum absolute atomic E-state index is 12.9. The largest absolute Gasteiger partial charge is 0.462 e. The Hall–Kier alpha value is -1.00. The van der Waals surface area contributed by atoms with Crippen molar-refractivity contribution in [2.45, 2.75) is 19.3 Å². The quantitative estimate of drug-likeness (QED) is 0.406. The van der Waals surface area contributed by atoms with Gasteiger partial charge in [0.15, 0.2) is 0 Å². The van der Waals surface area contributed by atoms with Gasteiger partial charge in [-0.15, -0.1) is 0 Å². The van der Waals surface area contributed by atoms with E-state index in [2.05, 4.69) is 4.74 Å². The SMILES string of the molecule is CCOC(=O)c1c(I)ccc(C(F)(F)F)c1C(F)(F)F. The molecule has 9 heteroatoms. The van der Waals surface area contributed by atoms with Crippen molar-refractivity contribution in [1.29, 1.82) is 0 Å². The van der Waals surface area contributed by atoms with Crippen LogP contribution in [0.1, 0.15) is 28.4 Å². The van der Waals surface area contributed by atoms with Gasteiger partial charge in [-0.2, -0.15) is 26.3 Å². The van der Waals surface area contributed by atoms with Crippen molar-refractivity contribution < 1.29 is 35.9 Å². The number of benzene rings is 1. The molecule has 0 saturated heterocycles. The molecule has 0 bridgehead atoms. The Kier molecular flexibility index (Phi) is 4.93. The Morgan fingerprint density at radius 1 is 1.15 bits per heavy atom. The summed E-state index contributed by atoms with van der Waals surface area (Å²) < 4.78 is 80.9. The third-order valence-electron chi connectivity index (χ3n) is 2.22. The number of halogens is 7. The van der Waals surface area contributed by atoms with Crippen molar-refractivity contribution in [3.63, 3.8) is 0 Å². The number of hydrogen-bond donors (Lipinski definition) is 0. The van der Waals surface area contributed by atoms with Gasteiger partial charge in [0.1, 0.15) is 0 Å². The first-order valence-corrected chi connectivity index (χ1v) is 6.22. The molecule has 0 aliphatic carbocycles. The first kappa shape index (κ1) is 17.1. The van der Waals surface area contributed by atoms with Crippen LogP contribution in [0.4, 0.5) is 26.3 Å². The minimum atomic E-state index is -5.33. The molecule has 112 valence electrons. The summed E-state index contributed by atoms with van der Waals surface area (Å²) in [6.07, 6.45) is -10.6. The summed E-state index contributed by atoms with van der Waals surface area (Å²) in [5, 5.41) is 0. The van der Waals surface area contributed by atoms with Crippen molar-refractivity contribution in [3.8, 4) is 0 Å². The van der Waals surface area contributed by atoms with E-state index in [-0.39, 0.29) is 10.2 Å². The lowest BCUT2D eigenvalue weighted by atomic mass is 10.00. The van der Waals surface area contributed by atoms with E-state index in [9.17, 15) is 31.1 Å². The predicted molar refractivity (Wildman–Crippen MR) is 65.1 cm³/mol. The molecule has 0 atom stereocenters. The van der Waals surface area contributed by atoms with Crippen molar-refractivity contribution in [1.82, 2.24) is 0 Å². The standard InChI is InChI=1S/C11H7F6IO2/c1-2-20-9(19)7-6(18)4-3-5(10(12,13)14)8(7)11(15,16)17/h3-4H,2H2,1H3. The van der Waals surface area contributed by atoms with E-state index in [0.717, 1.165) is 6.07 Å². The number of hydrogen-bond acceptors (Lipinski definition) is 2. The van der Waals surface area contributed by atoms with Crippen LogP contribution in [0.15, 0.2) is 12.1 Å². The zero-order chi connectivity index (χ0) is 15.7. The number of esters is 1. The molecule has 0 aliphatic heterocycles. The highest BCUT2D eigenvalue weighted by Gasteiger charge is 2.46. The fourth-order valence-electron chi connectivity index (χ4n) is 1.51. The predicted octanol–water partition coefficient (Wildman–Crippen LogP) is 4.51. The van der Waals surface area contributed by atoms with E-state index in [1.807, 2.05) is 0 Å². The van der Waals surface area contributed by atoms with E-state index >= 15 is 0 Å². The molecule has 0 radical (unpaired) electrons. The molecule has 0 fully saturated rings. The van der Waals surface area contributed by atoms with Crippen LogP contribution in [0.3, 0.4) is 0 Å². The maximum Gasteiger partial charge on any atom is 0.417 e. The summed E-state index contributed by atoms with van der Waals surface area (Å²) in [6.45, 7) is 1.09. The van der Waals surface area contributed by atoms with Crippen LogP contribution in [0.5, 0.6) is 0 Å². The van der Waals surface area contributed by atoms with E-state index in [1.54, 1.807) is 0 Å². The number of ether oxygens (including phenoxy) is 1. The van der Waals surface area contributed by atoms with Crippen molar-refractivity contribution in [3.05, 3.63) is 32.4 Å². The Morgan fingerprint density at radius 2 is 1.70 bits per heavy atom. The molecule has 0 heterocycles. The molecule has 0 saturated carbocycles. The molecule has 0 amide bonds. The number of carbonyl (C=O) groups excluding carboxylic acids is 1. The molecule has 0 aliphatic rings. The monoisotopic (exact) mass is 412 g/mol. The van der Waals surface area contributed by atoms with Gasteiger partial charge < -0.3 is 4.74 Å². The summed E-state index contributed by atoms with van der Waals surface area (Å²) in [6, 6.07) is 1.10. The molecule has 1 rings (SSSR count). The van der Waals surface area contributed by atoms with Crippen LogP contribution in [-0.2, 0) is 17.1 Å². The van der Waals surface area contributed by atoms with Crippen LogP contribution >= 0.6 is 22.6 Å². The molecule has 1 aromatic rings. The van der Waals surface area contributed by atoms with Crippen molar-refractivity contribution in [2.75, 3.05) is 6.61 Å². The second kappa shape index (κ2) is 5.78. The van der Waals surface area contributed by atoms with Gasteiger partial charge in [-0.25, -0.2) is 4.79 Å². The van der Waals surface area contributed by atoms with E-state index in [1.165, 1.54) is 29.5 Å². The Balaban J connectivity index is 3.69. The zero-order valence-corrected chi connectivity index (χ0v) is 12.0. The van der Waals surface area contributed by atoms with E-state index in [4.69, 9.17) is 0 Å². The Morgan fingerprint density at radius 3 is 2.10 bits per heavy atom. The maximum atomic E-state index is 12.9. The van der Waals surface area contributed by atoms with Gasteiger partial charge in [0.05, 0.1) is 23.3 Å². The first-order valence-electron chi connectivity index (χ1n) is 5.14. The second-order valence-corrected chi connectivity index (χ2v) is 4.72. The molecular formula is C11H7F6IO2. The molecule has 0 N–H and O–H groups in total. The lowest BCUT2D eigenvalue weighted by Gasteiger charge is -2.19. The van der Waals surface area contributed by atoms with E-state index in [0.29, 0.717) is 6.07 Å². The molecular weight excluding hydrogens is 405 g/mol. The smallest absolute Gasteiger partial charge is 0.417 e. The van der Waals surface area contributed by atoms with Gasteiger partial charge in [-0.05, 0) is 41.6 Å². The van der Waals surface area contributed by atoms with E-state index < -0.39 is 35.0 Å². The number of alkyl halides is 6. The topological polar surface area (TPSA) is 26.3 Å². The summed E-state index contributed by atoms with van der Waals surface area (Å²) in [7, 11) is 0. The third kappa shape index (κ3) is 3.55. The van der Waals surface area contributed by atoms with Crippen molar-refractivity contribution >= 4 is 28.6 Å². The van der Waals surface area contributed by atoms with Gasteiger partial charge in [-0.1, -0.05) is 0 Å². The van der Waals surface area contributed by atoms with Crippen LogP contribution < -0.4 is 0 Å². The molecule has 0 spiro atoms. The van der Waals surface area contributed by atoms with Gasteiger partial charge >= 0.3 is 18.3 Å². The molecule has 0 aromatic heterocycles. The first-order chi connectivity index (χ1) is 9.00. The van der Waals surface area contributed by atoms with Crippen LogP contribution in [0.2, 0.25) is 0 Å². The zero-order valence-electron chi connectivity index (χ0n) is 9.82. The number of rotatable bonds is 2. The minimum Gasteiger partial charge on any atom is -0.462 e. The Labute approximate surface area is 123 Å². The number of carbonyl (C=O) groups is 1. The van der Waals surface area contributed by atoms with Gasteiger partial charge in [0, 0.05) is 3.57 Å². The lowest BCUT2D eigenvalue weighted by Crippen LogP contribution is -2.23. The average molecular weight is 412 g/mol. The highest BCUT2D eigenvalue weighted by molar-refractivity contribution is 14.1. The minimum absolute atomic E-state index is 0.248. The Bertz CT molecular complexity index is 521. The van der Waals surface area contributed by atoms with Gasteiger partial charge in [0.2, 0.25) is 0 Å². The van der Waals surface area contributed by atoms with Gasteiger partial charge in [-0.3, -0.25) is 0 Å². The second-order valence-electron chi connectivity index (χ2n) is 3.56. The molecule has 2 nitrogen and oxygen atoms in total. The summed E-state index contributed by atoms with van der Waals surface area (Å²) in [5.41, 5.74) is -5.04. The summed E-state index contributed by atoms with van der Waals surface area (Å²) >= 11 is 1.36. The van der Waals surface area contributed by atoms with Gasteiger partial charge in [0.25, 0.3) is 0 Å². The van der Waals surface area contributed by atoms with Crippen molar-refractivity contribution in [2.24, 2.45) is 0 Å². The third-order valence-corrected chi connectivity index (χ3v) is 3.12. The lowest BCUT2D eigenvalue weighted by molar-refractivity contribution is -0.162. The van der Waals surface area contributed by atoms with Crippen LogP contribution in [-0.4, -0.2) is 12.6 Å². The highest BCUT2D eigenvalue weighted by Crippen LogP contribution is 2.43. The highest BCUT2D eigenvalue weighted by atomic mass is 127. The fraction of sp³-hybridized carbons (Fsp3) is 0.364. The fourth-order valence-corrected chi connectivity index (χ4v) is 2.18. The molecule has 0 unspecified atom stereocenters. The average Bonchev–Trinajstić information content (AvgIpc) is 2.25. The van der Waals surface area contributed by atoms with Crippen LogP contribution in [0, 0.1) is 3.57 Å². The summed E-state index contributed by atoms with van der Waals surface area (Å²) in [5.74, 6) is -1.43. The van der Waals surface area contributed by atoms with Crippen LogP contribution in [0.25, 0.3) is 0 Å².